The Morgan fingerprint density at radius 2 is 1.79 bits per heavy atom. The summed E-state index contributed by atoms with van der Waals surface area (Å²) in [6.07, 6.45) is 2.55. The highest BCUT2D eigenvalue weighted by Gasteiger charge is 2.33. The molecule has 1 aliphatic heterocycles. The molecular weight excluding hydrogens is 367 g/mol. The van der Waals surface area contributed by atoms with Crippen LogP contribution in [-0.2, 0) is 9.53 Å². The molecule has 1 atom stereocenters. The fourth-order valence-corrected chi connectivity index (χ4v) is 2.85. The summed E-state index contributed by atoms with van der Waals surface area (Å²) in [6.45, 7) is 10.0. The zero-order chi connectivity index (χ0) is 20.9. The molecule has 1 fully saturated rings. The molecule has 28 heavy (non-hydrogen) atoms. The lowest BCUT2D eigenvalue weighted by atomic mass is 10.0. The van der Waals surface area contributed by atoms with E-state index in [1.165, 1.54) is 0 Å². The van der Waals surface area contributed by atoms with E-state index in [4.69, 9.17) is 9.47 Å². The fraction of sp³-hybridized carbons (Fsp3) is 0.684. The van der Waals surface area contributed by atoms with Gasteiger partial charge in [0.1, 0.15) is 17.7 Å². The van der Waals surface area contributed by atoms with Crippen molar-refractivity contribution in [2.45, 2.75) is 65.2 Å². The molecule has 1 N–H and O–H groups in total. The minimum Gasteiger partial charge on any atom is -0.460 e. The van der Waals surface area contributed by atoms with Gasteiger partial charge in [-0.05, 0) is 26.7 Å². The van der Waals surface area contributed by atoms with Gasteiger partial charge in [-0.25, -0.2) is 19.2 Å². The van der Waals surface area contributed by atoms with Crippen molar-refractivity contribution in [1.29, 1.82) is 0 Å². The van der Waals surface area contributed by atoms with Crippen LogP contribution in [-0.4, -0.2) is 57.7 Å². The summed E-state index contributed by atoms with van der Waals surface area (Å²) in [5.41, 5.74) is -0.632. The van der Waals surface area contributed by atoms with Crippen LogP contribution >= 0.6 is 0 Å². The Morgan fingerprint density at radius 1 is 1.21 bits per heavy atom. The third-order valence-corrected chi connectivity index (χ3v) is 4.23. The number of halogens is 1. The van der Waals surface area contributed by atoms with Gasteiger partial charge in [0, 0.05) is 25.9 Å². The van der Waals surface area contributed by atoms with Gasteiger partial charge in [0.25, 0.3) is 0 Å². The van der Waals surface area contributed by atoms with Crippen molar-refractivity contribution < 1.29 is 23.5 Å². The highest BCUT2D eigenvalue weighted by Crippen LogP contribution is 2.18. The van der Waals surface area contributed by atoms with Gasteiger partial charge >= 0.3 is 12.1 Å². The quantitative estimate of drug-likeness (QED) is 0.822. The molecule has 1 aliphatic rings. The molecule has 2 amide bonds. The normalized spacial score (nSPS) is 16.6. The van der Waals surface area contributed by atoms with Crippen molar-refractivity contribution in [1.82, 2.24) is 20.2 Å². The van der Waals surface area contributed by atoms with Gasteiger partial charge in [-0.2, -0.15) is 0 Å². The summed E-state index contributed by atoms with van der Waals surface area (Å²) >= 11 is 0. The number of rotatable bonds is 5. The summed E-state index contributed by atoms with van der Waals surface area (Å²) < 4.78 is 23.8. The Balaban J connectivity index is 1.89. The predicted octanol–water partition coefficient (Wildman–Crippen LogP) is 2.53. The first-order valence-electron chi connectivity index (χ1n) is 9.47. The van der Waals surface area contributed by atoms with Gasteiger partial charge in [-0.15, -0.1) is 0 Å². The van der Waals surface area contributed by atoms with Crippen molar-refractivity contribution in [3.63, 3.8) is 0 Å². The number of amides is 2. The number of alkyl carbamates (subject to hydrolysis) is 1. The number of aromatic nitrogens is 2. The van der Waals surface area contributed by atoms with Crippen LogP contribution in [0.4, 0.5) is 9.18 Å². The maximum absolute atomic E-state index is 12.9. The Bertz CT molecular complexity index is 668. The maximum atomic E-state index is 12.9. The maximum Gasteiger partial charge on any atom is 0.408 e. The second-order valence-corrected chi connectivity index (χ2v) is 8.19. The van der Waals surface area contributed by atoms with Crippen LogP contribution in [0.25, 0.3) is 0 Å². The van der Waals surface area contributed by atoms with Crippen molar-refractivity contribution in [3.05, 3.63) is 18.2 Å². The average molecular weight is 396 g/mol. The topological polar surface area (TPSA) is 93.7 Å². The molecule has 2 rings (SSSR count). The van der Waals surface area contributed by atoms with E-state index in [1.807, 2.05) is 13.8 Å². The van der Waals surface area contributed by atoms with Crippen molar-refractivity contribution >= 4 is 12.0 Å². The van der Waals surface area contributed by atoms with Crippen LogP contribution in [0.5, 0.6) is 6.01 Å². The summed E-state index contributed by atoms with van der Waals surface area (Å²) in [5.74, 6) is -0.746. The highest BCUT2D eigenvalue weighted by atomic mass is 19.1. The van der Waals surface area contributed by atoms with E-state index in [0.717, 1.165) is 12.4 Å². The monoisotopic (exact) mass is 396 g/mol. The summed E-state index contributed by atoms with van der Waals surface area (Å²) in [7, 11) is 0. The number of hydrogen-bond donors (Lipinski definition) is 1. The molecule has 0 saturated carbocycles. The molecule has 0 aliphatic carbocycles. The van der Waals surface area contributed by atoms with E-state index < -0.39 is 23.6 Å². The van der Waals surface area contributed by atoms with Crippen molar-refractivity contribution in [3.8, 4) is 6.01 Å². The van der Waals surface area contributed by atoms with Crippen LogP contribution in [0.2, 0.25) is 0 Å². The number of nitrogens with one attached hydrogen (secondary N) is 1. The minimum atomic E-state index is -0.659. The molecule has 2 heterocycles. The number of nitrogens with zero attached hydrogens (tertiary/aromatic N) is 3. The second kappa shape index (κ2) is 9.16. The third-order valence-electron chi connectivity index (χ3n) is 4.23. The molecule has 9 heteroatoms. The van der Waals surface area contributed by atoms with Gasteiger partial charge in [0.15, 0.2) is 5.82 Å². The zero-order valence-corrected chi connectivity index (χ0v) is 17.1. The first-order chi connectivity index (χ1) is 13.0. The van der Waals surface area contributed by atoms with Crippen LogP contribution in [0.3, 0.4) is 0 Å². The van der Waals surface area contributed by atoms with Gasteiger partial charge in [-0.3, -0.25) is 4.79 Å². The number of ether oxygens (including phenoxy) is 2. The van der Waals surface area contributed by atoms with Crippen LogP contribution in [0.15, 0.2) is 12.4 Å². The van der Waals surface area contributed by atoms with E-state index in [-0.39, 0.29) is 23.9 Å². The molecule has 8 nitrogen and oxygen atoms in total. The molecule has 0 aromatic carbocycles. The molecule has 0 spiro atoms. The summed E-state index contributed by atoms with van der Waals surface area (Å²) in [4.78, 5) is 34.3. The predicted molar refractivity (Wildman–Crippen MR) is 100 cm³/mol. The molecule has 1 aromatic heterocycles. The molecular formula is C19H29FN4O4. The Morgan fingerprint density at radius 3 is 2.29 bits per heavy atom. The van der Waals surface area contributed by atoms with E-state index in [1.54, 1.807) is 25.7 Å². The number of carbonyl (C=O) groups is 2. The van der Waals surface area contributed by atoms with E-state index in [0.29, 0.717) is 25.9 Å². The third kappa shape index (κ3) is 6.61. The van der Waals surface area contributed by atoms with Gasteiger partial charge in [-0.1, -0.05) is 13.8 Å². The van der Waals surface area contributed by atoms with Gasteiger partial charge < -0.3 is 19.7 Å². The van der Waals surface area contributed by atoms with Crippen LogP contribution in [0, 0.1) is 11.7 Å². The second-order valence-electron chi connectivity index (χ2n) is 8.19. The Hall–Kier alpha value is -2.45. The minimum absolute atomic E-state index is 0.0818. The van der Waals surface area contributed by atoms with E-state index >= 15 is 0 Å². The smallest absolute Gasteiger partial charge is 0.408 e. The van der Waals surface area contributed by atoms with Gasteiger partial charge in [0.2, 0.25) is 5.91 Å². The molecule has 1 aromatic rings. The first-order valence-corrected chi connectivity index (χ1v) is 9.47. The summed E-state index contributed by atoms with van der Waals surface area (Å²) in [6, 6.07) is -0.537. The van der Waals surface area contributed by atoms with Crippen LogP contribution < -0.4 is 10.1 Å². The number of hydrogen-bond acceptors (Lipinski definition) is 6. The Kier molecular flexibility index (Phi) is 7.15. The largest absolute Gasteiger partial charge is 0.460 e. The standard InChI is InChI=1S/C19H29FN4O4/c1-12(2)15(23-18(26)28-19(3,4)5)16(25)24-8-6-14(7-9-24)27-17-21-10-13(20)11-22-17/h10-12,14-15H,6-9H2,1-5H3,(H,23,26)/t15-/m0/s1. The number of likely N-dealkylation sites (tertiary alicyclic amines) is 1. The highest BCUT2D eigenvalue weighted by molar-refractivity contribution is 5.86. The molecule has 156 valence electrons. The SMILES string of the molecule is CC(C)[C@H](NC(=O)OC(C)(C)C)C(=O)N1CCC(Oc2ncc(F)cn2)CC1. The first kappa shape index (κ1) is 21.8. The fourth-order valence-electron chi connectivity index (χ4n) is 2.85. The molecule has 0 bridgehead atoms. The number of carbonyl (C=O) groups excluding carboxylic acids is 2. The van der Waals surface area contributed by atoms with E-state index in [9.17, 15) is 14.0 Å². The molecule has 1 saturated heterocycles. The lowest BCUT2D eigenvalue weighted by molar-refractivity contribution is -0.136. The summed E-state index contributed by atoms with van der Waals surface area (Å²) in [5, 5.41) is 2.69. The van der Waals surface area contributed by atoms with Crippen LogP contribution in [0.1, 0.15) is 47.5 Å². The van der Waals surface area contributed by atoms with Crippen molar-refractivity contribution in [2.75, 3.05) is 13.1 Å². The average Bonchev–Trinajstić information content (AvgIpc) is 2.60. The van der Waals surface area contributed by atoms with Crippen molar-refractivity contribution in [2.24, 2.45) is 5.92 Å². The Labute approximate surface area is 164 Å². The molecule has 0 radical (unpaired) electrons. The lowest BCUT2D eigenvalue weighted by Crippen LogP contribution is -2.54. The van der Waals surface area contributed by atoms with E-state index in [2.05, 4.69) is 15.3 Å². The zero-order valence-electron chi connectivity index (χ0n) is 17.1. The number of piperidine rings is 1. The van der Waals surface area contributed by atoms with Gasteiger partial charge in [0.05, 0.1) is 12.4 Å². The molecule has 0 unspecified atom stereocenters. The lowest BCUT2D eigenvalue weighted by Gasteiger charge is -2.35.